The van der Waals surface area contributed by atoms with E-state index in [-0.39, 0.29) is 12.3 Å². The third kappa shape index (κ3) is 3.49. The molecule has 1 amide bonds. The average molecular weight is 389 g/mol. The van der Waals surface area contributed by atoms with Crippen LogP contribution in [0, 0.1) is 10.5 Å². The second-order valence-corrected chi connectivity index (χ2v) is 5.86. The molecule has 1 fully saturated rings. The number of hydrogen-bond donors (Lipinski definition) is 1. The maximum absolute atomic E-state index is 12.5. The molecule has 1 unspecified atom stereocenters. The summed E-state index contributed by atoms with van der Waals surface area (Å²) in [5.74, 6) is -0.966. The Hall–Kier alpha value is -1.15. The van der Waals surface area contributed by atoms with Crippen LogP contribution in [0.1, 0.15) is 22.3 Å². The molecule has 1 atom stereocenters. The molecule has 0 aliphatic carbocycles. The lowest BCUT2D eigenvalue weighted by Crippen LogP contribution is -2.46. The highest BCUT2D eigenvalue weighted by molar-refractivity contribution is 14.1. The topological polar surface area (TPSA) is 66.8 Å². The number of amides is 1. The summed E-state index contributed by atoms with van der Waals surface area (Å²) in [7, 11) is 0. The van der Waals surface area contributed by atoms with Gasteiger partial charge in [0.1, 0.15) is 0 Å². The number of morpholine rings is 1. The first kappa shape index (κ1) is 15.2. The summed E-state index contributed by atoms with van der Waals surface area (Å²) in [6, 6.07) is 5.63. The van der Waals surface area contributed by atoms with E-state index in [1.165, 1.54) is 0 Å². The van der Waals surface area contributed by atoms with Crippen LogP contribution in [0.4, 0.5) is 0 Å². The molecule has 0 aromatic heterocycles. The summed E-state index contributed by atoms with van der Waals surface area (Å²) in [4.78, 5) is 24.9. The van der Waals surface area contributed by atoms with Crippen molar-refractivity contribution < 1.29 is 19.4 Å². The number of aliphatic carboxylic acids is 1. The Morgan fingerprint density at radius 3 is 2.95 bits per heavy atom. The van der Waals surface area contributed by atoms with Gasteiger partial charge in [0.15, 0.2) is 0 Å². The van der Waals surface area contributed by atoms with E-state index in [0.717, 1.165) is 9.13 Å². The van der Waals surface area contributed by atoms with E-state index < -0.39 is 12.1 Å². The molecular weight excluding hydrogens is 373 g/mol. The van der Waals surface area contributed by atoms with Crippen molar-refractivity contribution in [3.05, 3.63) is 32.9 Å². The third-order valence-corrected chi connectivity index (χ3v) is 4.68. The van der Waals surface area contributed by atoms with Crippen molar-refractivity contribution in [2.24, 2.45) is 0 Å². The molecule has 0 spiro atoms. The van der Waals surface area contributed by atoms with E-state index in [1.807, 2.05) is 19.1 Å². The van der Waals surface area contributed by atoms with Crippen LogP contribution in [0.15, 0.2) is 18.2 Å². The molecule has 1 saturated heterocycles. The monoisotopic (exact) mass is 389 g/mol. The van der Waals surface area contributed by atoms with Gasteiger partial charge in [0, 0.05) is 16.7 Å². The molecule has 2 rings (SSSR count). The van der Waals surface area contributed by atoms with E-state index in [0.29, 0.717) is 25.3 Å². The molecule has 0 radical (unpaired) electrons. The molecule has 1 aromatic rings. The third-order valence-electron chi connectivity index (χ3n) is 3.25. The number of hydrogen-bond acceptors (Lipinski definition) is 3. The first-order valence-corrected chi connectivity index (χ1v) is 7.44. The molecule has 1 N–H and O–H groups in total. The number of benzene rings is 1. The van der Waals surface area contributed by atoms with Crippen molar-refractivity contribution in [1.29, 1.82) is 0 Å². The van der Waals surface area contributed by atoms with Crippen molar-refractivity contribution in [2.45, 2.75) is 19.4 Å². The lowest BCUT2D eigenvalue weighted by atomic mass is 10.1. The predicted octanol–water partition coefficient (Wildman–Crippen LogP) is 1.92. The van der Waals surface area contributed by atoms with Crippen molar-refractivity contribution in [3.63, 3.8) is 0 Å². The fourth-order valence-corrected chi connectivity index (χ4v) is 2.80. The summed E-state index contributed by atoms with van der Waals surface area (Å²) in [6.07, 6.45) is -0.498. The Kier molecular flexibility index (Phi) is 4.98. The Morgan fingerprint density at radius 1 is 1.50 bits per heavy atom. The van der Waals surface area contributed by atoms with Crippen LogP contribution in [0.25, 0.3) is 0 Å². The number of aryl methyl sites for hydroxylation is 1. The van der Waals surface area contributed by atoms with Gasteiger partial charge in [-0.15, -0.1) is 0 Å². The molecule has 20 heavy (non-hydrogen) atoms. The van der Waals surface area contributed by atoms with E-state index in [2.05, 4.69) is 22.6 Å². The van der Waals surface area contributed by atoms with Gasteiger partial charge in [0.2, 0.25) is 0 Å². The van der Waals surface area contributed by atoms with Crippen LogP contribution >= 0.6 is 22.6 Å². The summed E-state index contributed by atoms with van der Waals surface area (Å²) >= 11 is 2.17. The lowest BCUT2D eigenvalue weighted by molar-refractivity contribution is -0.141. The molecule has 108 valence electrons. The molecule has 1 aliphatic rings. The van der Waals surface area contributed by atoms with E-state index in [9.17, 15) is 9.59 Å². The van der Waals surface area contributed by atoms with Gasteiger partial charge in [-0.1, -0.05) is 12.1 Å². The van der Waals surface area contributed by atoms with Gasteiger partial charge in [0.05, 0.1) is 24.7 Å². The van der Waals surface area contributed by atoms with Gasteiger partial charge in [-0.2, -0.15) is 0 Å². The van der Waals surface area contributed by atoms with E-state index in [1.54, 1.807) is 11.0 Å². The number of nitrogens with zero attached hydrogens (tertiary/aromatic N) is 1. The standard InChI is InChI=1S/C14H16INO4/c1-9-3-2-4-11(13(9)15)14(19)16-5-6-20-10(8-16)7-12(17)18/h2-4,10H,5-8H2,1H3,(H,17,18). The molecule has 1 heterocycles. The lowest BCUT2D eigenvalue weighted by Gasteiger charge is -2.32. The first-order chi connectivity index (χ1) is 9.49. The van der Waals surface area contributed by atoms with Crippen LogP contribution in [-0.4, -0.2) is 47.7 Å². The normalized spacial score (nSPS) is 18.9. The summed E-state index contributed by atoms with van der Waals surface area (Å²) in [5, 5.41) is 8.80. The van der Waals surface area contributed by atoms with E-state index in [4.69, 9.17) is 9.84 Å². The van der Waals surface area contributed by atoms with E-state index >= 15 is 0 Å². The van der Waals surface area contributed by atoms with Crippen LogP contribution in [0.2, 0.25) is 0 Å². The van der Waals surface area contributed by atoms with Gasteiger partial charge in [0.25, 0.3) is 5.91 Å². The average Bonchev–Trinajstić information content (AvgIpc) is 2.41. The van der Waals surface area contributed by atoms with Crippen molar-refractivity contribution in [2.75, 3.05) is 19.7 Å². The fraction of sp³-hybridized carbons (Fsp3) is 0.429. The van der Waals surface area contributed by atoms with Crippen LogP contribution in [-0.2, 0) is 9.53 Å². The number of ether oxygens (including phenoxy) is 1. The van der Waals surface area contributed by atoms with Gasteiger partial charge in [-0.05, 0) is 41.1 Å². The van der Waals surface area contributed by atoms with Gasteiger partial charge in [-0.25, -0.2) is 0 Å². The number of rotatable bonds is 3. The zero-order valence-corrected chi connectivity index (χ0v) is 13.3. The Balaban J connectivity index is 2.12. The molecule has 6 heteroatoms. The van der Waals surface area contributed by atoms with Gasteiger partial charge in [-0.3, -0.25) is 9.59 Å². The Bertz CT molecular complexity index is 532. The van der Waals surface area contributed by atoms with Crippen LogP contribution in [0.5, 0.6) is 0 Å². The minimum Gasteiger partial charge on any atom is -0.481 e. The summed E-state index contributed by atoms with van der Waals surface area (Å²) in [5.41, 5.74) is 1.73. The number of carbonyl (C=O) groups is 2. The largest absolute Gasteiger partial charge is 0.481 e. The first-order valence-electron chi connectivity index (χ1n) is 6.37. The molecule has 1 aromatic carbocycles. The van der Waals surface area contributed by atoms with Gasteiger partial charge >= 0.3 is 5.97 Å². The number of carboxylic acids is 1. The summed E-state index contributed by atoms with van der Waals surface area (Å²) in [6.45, 7) is 3.17. The number of halogens is 1. The van der Waals surface area contributed by atoms with Crippen molar-refractivity contribution in [1.82, 2.24) is 4.90 Å². The zero-order valence-electron chi connectivity index (χ0n) is 11.1. The highest BCUT2D eigenvalue weighted by atomic mass is 127. The van der Waals surface area contributed by atoms with Crippen molar-refractivity contribution in [3.8, 4) is 0 Å². The molecule has 0 saturated carbocycles. The smallest absolute Gasteiger partial charge is 0.306 e. The SMILES string of the molecule is Cc1cccc(C(=O)N2CCOC(CC(=O)O)C2)c1I. The Morgan fingerprint density at radius 2 is 2.25 bits per heavy atom. The molecule has 1 aliphatic heterocycles. The molecule has 0 bridgehead atoms. The Labute approximate surface area is 131 Å². The highest BCUT2D eigenvalue weighted by Crippen LogP contribution is 2.20. The predicted molar refractivity (Wildman–Crippen MR) is 81.8 cm³/mol. The second kappa shape index (κ2) is 6.53. The molecule has 5 nitrogen and oxygen atoms in total. The highest BCUT2D eigenvalue weighted by Gasteiger charge is 2.27. The van der Waals surface area contributed by atoms with Crippen LogP contribution < -0.4 is 0 Å². The fourth-order valence-electron chi connectivity index (χ4n) is 2.20. The maximum atomic E-state index is 12.5. The van der Waals surface area contributed by atoms with Crippen molar-refractivity contribution >= 4 is 34.5 Å². The minimum absolute atomic E-state index is 0.0585. The maximum Gasteiger partial charge on any atom is 0.306 e. The minimum atomic E-state index is -0.908. The summed E-state index contributed by atoms with van der Waals surface area (Å²) < 4.78 is 6.32. The number of carbonyl (C=O) groups excluding carboxylic acids is 1. The quantitative estimate of drug-likeness (QED) is 0.803. The second-order valence-electron chi connectivity index (χ2n) is 4.78. The zero-order chi connectivity index (χ0) is 14.7. The van der Waals surface area contributed by atoms with Gasteiger partial charge < -0.3 is 14.7 Å². The molecular formula is C14H16INO4. The number of carboxylic acid groups (broad SMARTS) is 1. The van der Waals surface area contributed by atoms with Crippen LogP contribution in [0.3, 0.4) is 0 Å².